The van der Waals surface area contributed by atoms with Crippen molar-refractivity contribution >= 4 is 23.2 Å². The van der Waals surface area contributed by atoms with E-state index in [9.17, 15) is 9.59 Å². The number of nitrogens with one attached hydrogen (secondary N) is 2. The number of anilines is 2. The maximum Gasteiger partial charge on any atom is 0.277 e. The van der Waals surface area contributed by atoms with Crippen LogP contribution in [0.15, 0.2) is 83.6 Å². The second-order valence-electron chi connectivity index (χ2n) is 6.50. The van der Waals surface area contributed by atoms with Crippen LogP contribution in [0.3, 0.4) is 0 Å². The van der Waals surface area contributed by atoms with Crippen LogP contribution in [0.1, 0.15) is 20.8 Å². The molecule has 154 valence electrons. The van der Waals surface area contributed by atoms with Crippen LogP contribution in [0, 0.1) is 0 Å². The van der Waals surface area contributed by atoms with Crippen LogP contribution in [0.2, 0.25) is 0 Å². The highest BCUT2D eigenvalue weighted by Crippen LogP contribution is 2.24. The molecule has 2 N–H and O–H groups in total. The maximum atomic E-state index is 12.5. The summed E-state index contributed by atoms with van der Waals surface area (Å²) in [5.41, 5.74) is 2.38. The Morgan fingerprint density at radius 3 is 2.48 bits per heavy atom. The number of hydrogen-bond donors (Lipinski definition) is 2. The van der Waals surface area contributed by atoms with E-state index in [2.05, 4.69) is 20.8 Å². The Morgan fingerprint density at radius 1 is 0.935 bits per heavy atom. The molecule has 0 atom stereocenters. The van der Waals surface area contributed by atoms with Gasteiger partial charge in [0.1, 0.15) is 5.75 Å². The van der Waals surface area contributed by atoms with Crippen molar-refractivity contribution in [2.24, 2.45) is 0 Å². The van der Waals surface area contributed by atoms with Gasteiger partial charge in [-0.05, 0) is 48.5 Å². The zero-order valence-corrected chi connectivity index (χ0v) is 16.5. The van der Waals surface area contributed by atoms with Crippen LogP contribution in [0.25, 0.3) is 11.3 Å². The number of hydrogen-bond acceptors (Lipinski definition) is 6. The molecule has 2 aromatic carbocycles. The van der Waals surface area contributed by atoms with Gasteiger partial charge in [-0.15, -0.1) is 0 Å². The smallest absolute Gasteiger partial charge is 0.277 e. The molecule has 31 heavy (non-hydrogen) atoms. The standard InChI is InChI=1S/C23H18N4O4/c1-30-20-7-3-2-6-18(20)26-22(28)15-8-10-17(11-9-15)25-23(29)19-13-21(31-27-19)16-5-4-12-24-14-16/h2-14H,1H3,(H,25,29)(H,26,28). The molecule has 0 spiro atoms. The lowest BCUT2D eigenvalue weighted by Gasteiger charge is -2.10. The number of carbonyl (C=O) groups is 2. The highest BCUT2D eigenvalue weighted by atomic mass is 16.5. The third-order valence-corrected chi connectivity index (χ3v) is 4.45. The third-order valence-electron chi connectivity index (χ3n) is 4.45. The molecule has 4 aromatic rings. The monoisotopic (exact) mass is 414 g/mol. The van der Waals surface area contributed by atoms with Crippen LogP contribution < -0.4 is 15.4 Å². The maximum absolute atomic E-state index is 12.5. The third kappa shape index (κ3) is 4.59. The SMILES string of the molecule is COc1ccccc1NC(=O)c1ccc(NC(=O)c2cc(-c3cccnc3)on2)cc1. The normalized spacial score (nSPS) is 10.4. The number of ether oxygens (including phenoxy) is 1. The topological polar surface area (TPSA) is 106 Å². The van der Waals surface area contributed by atoms with Crippen molar-refractivity contribution in [1.29, 1.82) is 0 Å². The average Bonchev–Trinajstić information content (AvgIpc) is 3.31. The van der Waals surface area contributed by atoms with Crippen molar-refractivity contribution in [3.63, 3.8) is 0 Å². The van der Waals surface area contributed by atoms with E-state index >= 15 is 0 Å². The van der Waals surface area contributed by atoms with E-state index in [0.717, 1.165) is 5.56 Å². The highest BCUT2D eigenvalue weighted by Gasteiger charge is 2.15. The van der Waals surface area contributed by atoms with Gasteiger partial charge in [0.05, 0.1) is 12.8 Å². The van der Waals surface area contributed by atoms with Crippen LogP contribution in [0.4, 0.5) is 11.4 Å². The summed E-state index contributed by atoms with van der Waals surface area (Å²) >= 11 is 0. The molecule has 0 aliphatic carbocycles. The number of nitrogens with zero attached hydrogens (tertiary/aromatic N) is 2. The van der Waals surface area contributed by atoms with Crippen LogP contribution in [0.5, 0.6) is 5.75 Å². The highest BCUT2D eigenvalue weighted by molar-refractivity contribution is 6.06. The van der Waals surface area contributed by atoms with E-state index in [1.54, 1.807) is 67.0 Å². The predicted octanol–water partition coefficient (Wildman–Crippen LogP) is 4.25. The Kier molecular flexibility index (Phi) is 5.70. The molecule has 2 aromatic heterocycles. The molecule has 2 amide bonds. The molecule has 0 aliphatic rings. The number of aromatic nitrogens is 2. The summed E-state index contributed by atoms with van der Waals surface area (Å²) in [6.07, 6.45) is 3.27. The van der Waals surface area contributed by atoms with Gasteiger partial charge in [-0.3, -0.25) is 14.6 Å². The molecule has 0 bridgehead atoms. The summed E-state index contributed by atoms with van der Waals surface area (Å²) in [7, 11) is 1.54. The van der Waals surface area contributed by atoms with Gasteiger partial charge in [0.25, 0.3) is 11.8 Å². The first-order chi connectivity index (χ1) is 15.1. The molecule has 0 unspecified atom stereocenters. The molecule has 0 fully saturated rings. The fraction of sp³-hybridized carbons (Fsp3) is 0.0435. The van der Waals surface area contributed by atoms with Crippen molar-refractivity contribution in [3.8, 4) is 17.1 Å². The lowest BCUT2D eigenvalue weighted by atomic mass is 10.1. The number of benzene rings is 2. The Bertz CT molecular complexity index is 1200. The van der Waals surface area contributed by atoms with Crippen LogP contribution in [-0.4, -0.2) is 29.1 Å². The van der Waals surface area contributed by atoms with E-state index in [1.165, 1.54) is 7.11 Å². The number of carbonyl (C=O) groups excluding carboxylic acids is 2. The fourth-order valence-corrected chi connectivity index (χ4v) is 2.87. The molecular formula is C23H18N4O4. The molecule has 0 saturated heterocycles. The van der Waals surface area contributed by atoms with Gasteiger partial charge in [0.15, 0.2) is 11.5 Å². The number of methoxy groups -OCH3 is 1. The van der Waals surface area contributed by atoms with E-state index in [-0.39, 0.29) is 11.6 Å². The van der Waals surface area contributed by atoms with Crippen molar-refractivity contribution in [1.82, 2.24) is 10.1 Å². The molecule has 0 aliphatic heterocycles. The minimum Gasteiger partial charge on any atom is -0.495 e. The second-order valence-corrected chi connectivity index (χ2v) is 6.50. The van der Waals surface area contributed by atoms with Crippen LogP contribution >= 0.6 is 0 Å². The molecule has 4 rings (SSSR count). The fourth-order valence-electron chi connectivity index (χ4n) is 2.87. The summed E-state index contributed by atoms with van der Waals surface area (Å²) in [5.74, 6) is 0.296. The Labute approximate surface area is 177 Å². The van der Waals surface area contributed by atoms with Gasteiger partial charge >= 0.3 is 0 Å². The van der Waals surface area contributed by atoms with Crippen molar-refractivity contribution in [3.05, 3.63) is 90.4 Å². The lowest BCUT2D eigenvalue weighted by Crippen LogP contribution is -2.14. The molecule has 8 heteroatoms. The van der Waals surface area contributed by atoms with Crippen LogP contribution in [-0.2, 0) is 0 Å². The van der Waals surface area contributed by atoms with E-state index in [4.69, 9.17) is 9.26 Å². The average molecular weight is 414 g/mol. The molecule has 8 nitrogen and oxygen atoms in total. The zero-order chi connectivity index (χ0) is 21.6. The minimum atomic E-state index is -0.426. The lowest BCUT2D eigenvalue weighted by molar-refractivity contribution is 0.101. The zero-order valence-electron chi connectivity index (χ0n) is 16.5. The second kappa shape index (κ2) is 8.91. The molecule has 0 saturated carbocycles. The molecule has 2 heterocycles. The van der Waals surface area contributed by atoms with Crippen molar-refractivity contribution in [2.45, 2.75) is 0 Å². The molecule has 0 radical (unpaired) electrons. The largest absolute Gasteiger partial charge is 0.495 e. The predicted molar refractivity (Wildman–Crippen MR) is 115 cm³/mol. The Morgan fingerprint density at radius 2 is 1.74 bits per heavy atom. The van der Waals surface area contributed by atoms with E-state index < -0.39 is 5.91 Å². The number of pyridine rings is 1. The minimum absolute atomic E-state index is 0.136. The van der Waals surface area contributed by atoms with E-state index in [1.807, 2.05) is 12.1 Å². The summed E-state index contributed by atoms with van der Waals surface area (Å²) < 4.78 is 10.5. The first-order valence-corrected chi connectivity index (χ1v) is 9.37. The van der Waals surface area contributed by atoms with Gasteiger partial charge in [-0.25, -0.2) is 0 Å². The first-order valence-electron chi connectivity index (χ1n) is 9.37. The summed E-state index contributed by atoms with van der Waals surface area (Å²) in [5, 5.41) is 9.34. The number of rotatable bonds is 6. The van der Waals surface area contributed by atoms with Gasteiger partial charge in [0.2, 0.25) is 0 Å². The Balaban J connectivity index is 1.41. The summed E-state index contributed by atoms with van der Waals surface area (Å²) in [6.45, 7) is 0. The van der Waals surface area contributed by atoms with Gasteiger partial charge in [-0.1, -0.05) is 17.3 Å². The first kappa shape index (κ1) is 19.8. The summed E-state index contributed by atoms with van der Waals surface area (Å²) in [6, 6.07) is 18.8. The molecular weight excluding hydrogens is 396 g/mol. The quantitative estimate of drug-likeness (QED) is 0.489. The van der Waals surface area contributed by atoms with Gasteiger partial charge in [-0.2, -0.15) is 0 Å². The number of para-hydroxylation sites is 2. The van der Waals surface area contributed by atoms with Crippen molar-refractivity contribution in [2.75, 3.05) is 17.7 Å². The number of amides is 2. The summed E-state index contributed by atoms with van der Waals surface area (Å²) in [4.78, 5) is 29.0. The Hall–Kier alpha value is -4.46. The van der Waals surface area contributed by atoms with Gasteiger partial charge in [0, 0.05) is 35.3 Å². The van der Waals surface area contributed by atoms with Gasteiger partial charge < -0.3 is 19.9 Å². The van der Waals surface area contributed by atoms with E-state index in [0.29, 0.717) is 28.4 Å². The van der Waals surface area contributed by atoms with Crippen molar-refractivity contribution < 1.29 is 18.8 Å².